The molecular formula is C13H17NO. The van der Waals surface area contributed by atoms with Crippen LogP contribution in [0.25, 0.3) is 0 Å². The van der Waals surface area contributed by atoms with Crippen LogP contribution < -0.4 is 0 Å². The molecule has 80 valence electrons. The lowest BCUT2D eigenvalue weighted by atomic mass is 9.86. The highest BCUT2D eigenvalue weighted by atomic mass is 16.3. The molecule has 2 atom stereocenters. The van der Waals surface area contributed by atoms with E-state index in [0.29, 0.717) is 5.92 Å². The van der Waals surface area contributed by atoms with Crippen LogP contribution in [0.3, 0.4) is 0 Å². The second-order valence-corrected chi connectivity index (χ2v) is 4.28. The van der Waals surface area contributed by atoms with Gasteiger partial charge >= 0.3 is 0 Å². The Morgan fingerprint density at radius 3 is 2.93 bits per heavy atom. The van der Waals surface area contributed by atoms with Gasteiger partial charge in [-0.3, -0.25) is 4.98 Å². The summed E-state index contributed by atoms with van der Waals surface area (Å²) in [6.45, 7) is 2.00. The quantitative estimate of drug-likeness (QED) is 0.750. The van der Waals surface area contributed by atoms with Crippen LogP contribution in [0, 0.1) is 12.8 Å². The second-order valence-electron chi connectivity index (χ2n) is 4.28. The Morgan fingerprint density at radius 1 is 1.40 bits per heavy atom. The summed E-state index contributed by atoms with van der Waals surface area (Å²) in [5.41, 5.74) is 2.06. The Hall–Kier alpha value is -1.15. The van der Waals surface area contributed by atoms with Gasteiger partial charge in [0.15, 0.2) is 0 Å². The van der Waals surface area contributed by atoms with Crippen LogP contribution in [0.2, 0.25) is 0 Å². The fourth-order valence-corrected chi connectivity index (χ4v) is 2.12. The van der Waals surface area contributed by atoms with Gasteiger partial charge in [-0.2, -0.15) is 0 Å². The van der Waals surface area contributed by atoms with Gasteiger partial charge in [-0.05, 0) is 43.2 Å². The molecule has 0 radical (unpaired) electrons. The summed E-state index contributed by atoms with van der Waals surface area (Å²) in [5.74, 6) is 0.360. The zero-order valence-corrected chi connectivity index (χ0v) is 9.06. The summed E-state index contributed by atoms with van der Waals surface area (Å²) < 4.78 is 0. The third-order valence-corrected chi connectivity index (χ3v) is 2.99. The highest BCUT2D eigenvalue weighted by Crippen LogP contribution is 2.31. The zero-order valence-electron chi connectivity index (χ0n) is 9.06. The molecule has 1 aliphatic carbocycles. The first kappa shape index (κ1) is 10.4. The molecule has 0 bridgehead atoms. The average molecular weight is 203 g/mol. The Balaban J connectivity index is 2.12. The lowest BCUT2D eigenvalue weighted by Crippen LogP contribution is -2.14. The van der Waals surface area contributed by atoms with Gasteiger partial charge in [0.2, 0.25) is 0 Å². The largest absolute Gasteiger partial charge is 0.388 e. The third-order valence-electron chi connectivity index (χ3n) is 2.99. The van der Waals surface area contributed by atoms with Gasteiger partial charge in [-0.25, -0.2) is 0 Å². The van der Waals surface area contributed by atoms with Crippen molar-refractivity contribution in [1.82, 2.24) is 4.98 Å². The highest BCUT2D eigenvalue weighted by Gasteiger charge is 2.21. The second kappa shape index (κ2) is 4.58. The molecule has 1 aromatic rings. The van der Waals surface area contributed by atoms with Crippen molar-refractivity contribution in [2.24, 2.45) is 5.92 Å². The molecule has 0 saturated heterocycles. The van der Waals surface area contributed by atoms with Crippen molar-refractivity contribution in [3.63, 3.8) is 0 Å². The minimum absolute atomic E-state index is 0.359. The molecule has 2 rings (SSSR count). The van der Waals surface area contributed by atoms with E-state index in [-0.39, 0.29) is 6.10 Å². The summed E-state index contributed by atoms with van der Waals surface area (Å²) in [4.78, 5) is 4.12. The number of aliphatic hydroxyl groups is 1. The molecule has 0 spiro atoms. The molecule has 0 aromatic carbocycles. The topological polar surface area (TPSA) is 33.1 Å². The molecule has 1 aromatic heterocycles. The molecule has 0 amide bonds. The SMILES string of the molecule is Cc1cncc(C(O)C2CC=CCC2)c1. The maximum atomic E-state index is 10.2. The minimum Gasteiger partial charge on any atom is -0.388 e. The molecule has 0 aliphatic heterocycles. The van der Waals surface area contributed by atoms with Crippen LogP contribution in [0.4, 0.5) is 0 Å². The Morgan fingerprint density at radius 2 is 2.27 bits per heavy atom. The Labute approximate surface area is 90.7 Å². The van der Waals surface area contributed by atoms with E-state index in [2.05, 4.69) is 17.1 Å². The maximum Gasteiger partial charge on any atom is 0.0836 e. The molecule has 1 heterocycles. The molecule has 1 N–H and O–H groups in total. The van der Waals surface area contributed by atoms with E-state index in [1.54, 1.807) is 6.20 Å². The van der Waals surface area contributed by atoms with Gasteiger partial charge < -0.3 is 5.11 Å². The monoisotopic (exact) mass is 203 g/mol. The number of aryl methyl sites for hydroxylation is 1. The van der Waals surface area contributed by atoms with Gasteiger partial charge in [-0.15, -0.1) is 0 Å². The molecule has 2 unspecified atom stereocenters. The molecular weight excluding hydrogens is 186 g/mol. The summed E-state index contributed by atoms with van der Waals surface area (Å²) in [5, 5.41) is 10.2. The van der Waals surface area contributed by atoms with E-state index in [9.17, 15) is 5.11 Å². The van der Waals surface area contributed by atoms with E-state index < -0.39 is 0 Å². The molecule has 0 fully saturated rings. The van der Waals surface area contributed by atoms with Crippen molar-refractivity contribution in [1.29, 1.82) is 0 Å². The number of hydrogen-bond donors (Lipinski definition) is 1. The van der Waals surface area contributed by atoms with E-state index in [1.807, 2.05) is 19.2 Å². The highest BCUT2D eigenvalue weighted by molar-refractivity contribution is 5.20. The maximum absolute atomic E-state index is 10.2. The first-order valence-electron chi connectivity index (χ1n) is 5.52. The van der Waals surface area contributed by atoms with Crippen LogP contribution in [0.1, 0.15) is 36.5 Å². The zero-order chi connectivity index (χ0) is 10.7. The summed E-state index contributed by atoms with van der Waals surface area (Å²) in [6, 6.07) is 2.02. The van der Waals surface area contributed by atoms with E-state index in [4.69, 9.17) is 0 Å². The van der Waals surface area contributed by atoms with Crippen molar-refractivity contribution in [3.05, 3.63) is 41.7 Å². The number of aliphatic hydroxyl groups excluding tert-OH is 1. The molecule has 0 saturated carbocycles. The number of nitrogens with zero attached hydrogens (tertiary/aromatic N) is 1. The Bertz CT molecular complexity index is 359. The molecule has 2 heteroatoms. The van der Waals surface area contributed by atoms with Crippen LogP contribution >= 0.6 is 0 Å². The number of aromatic nitrogens is 1. The van der Waals surface area contributed by atoms with Crippen molar-refractivity contribution in [2.75, 3.05) is 0 Å². The lowest BCUT2D eigenvalue weighted by molar-refractivity contribution is 0.102. The van der Waals surface area contributed by atoms with Crippen LogP contribution in [0.5, 0.6) is 0 Å². The van der Waals surface area contributed by atoms with Crippen molar-refractivity contribution >= 4 is 0 Å². The number of rotatable bonds is 2. The number of pyridine rings is 1. The van der Waals surface area contributed by atoms with Crippen LogP contribution in [0.15, 0.2) is 30.6 Å². The first-order valence-corrected chi connectivity index (χ1v) is 5.52. The van der Waals surface area contributed by atoms with Gasteiger partial charge in [0.1, 0.15) is 0 Å². The smallest absolute Gasteiger partial charge is 0.0836 e. The van der Waals surface area contributed by atoms with Crippen LogP contribution in [-0.2, 0) is 0 Å². The van der Waals surface area contributed by atoms with Crippen LogP contribution in [-0.4, -0.2) is 10.1 Å². The van der Waals surface area contributed by atoms with Crippen molar-refractivity contribution in [3.8, 4) is 0 Å². The predicted octanol–water partition coefficient (Wildman–Crippen LogP) is 2.78. The average Bonchev–Trinajstić information content (AvgIpc) is 2.29. The fourth-order valence-electron chi connectivity index (χ4n) is 2.12. The Kier molecular flexibility index (Phi) is 3.17. The van der Waals surface area contributed by atoms with Crippen molar-refractivity contribution in [2.45, 2.75) is 32.3 Å². The lowest BCUT2D eigenvalue weighted by Gasteiger charge is -2.23. The summed E-state index contributed by atoms with van der Waals surface area (Å²) >= 11 is 0. The van der Waals surface area contributed by atoms with E-state index in [1.165, 1.54) is 0 Å². The van der Waals surface area contributed by atoms with Gasteiger partial charge in [0.25, 0.3) is 0 Å². The predicted molar refractivity (Wildman–Crippen MR) is 60.4 cm³/mol. The van der Waals surface area contributed by atoms with E-state index in [0.717, 1.165) is 30.4 Å². The first-order chi connectivity index (χ1) is 7.27. The normalized spacial score (nSPS) is 22.7. The fraction of sp³-hybridized carbons (Fsp3) is 0.462. The molecule has 1 aliphatic rings. The number of allylic oxidation sites excluding steroid dienone is 2. The van der Waals surface area contributed by atoms with Gasteiger partial charge in [0.05, 0.1) is 6.10 Å². The third kappa shape index (κ3) is 2.45. The molecule has 15 heavy (non-hydrogen) atoms. The van der Waals surface area contributed by atoms with E-state index >= 15 is 0 Å². The van der Waals surface area contributed by atoms with Gasteiger partial charge in [0, 0.05) is 12.4 Å². The summed E-state index contributed by atoms with van der Waals surface area (Å²) in [6.07, 6.45) is 10.7. The van der Waals surface area contributed by atoms with Gasteiger partial charge in [-0.1, -0.05) is 18.2 Å². The summed E-state index contributed by atoms with van der Waals surface area (Å²) in [7, 11) is 0. The van der Waals surface area contributed by atoms with Crippen molar-refractivity contribution < 1.29 is 5.11 Å². The minimum atomic E-state index is -0.359. The molecule has 2 nitrogen and oxygen atoms in total. The number of hydrogen-bond acceptors (Lipinski definition) is 2. The standard InChI is InChI=1S/C13H17NO/c1-10-7-12(9-14-8-10)13(15)11-5-3-2-4-6-11/h2-3,7-9,11,13,15H,4-6H2,1H3.